The highest BCUT2D eigenvalue weighted by Crippen LogP contribution is 2.17. The first-order valence-corrected chi connectivity index (χ1v) is 10.2. The monoisotopic (exact) mass is 378 g/mol. The molecule has 148 valence electrons. The maximum absolute atomic E-state index is 12.7. The van der Waals surface area contributed by atoms with Crippen molar-refractivity contribution in [3.05, 3.63) is 70.8 Å². The first-order chi connectivity index (χ1) is 13.4. The van der Waals surface area contributed by atoms with E-state index in [9.17, 15) is 9.59 Å². The molecule has 0 N–H and O–H groups in total. The lowest BCUT2D eigenvalue weighted by Gasteiger charge is -2.35. The summed E-state index contributed by atoms with van der Waals surface area (Å²) >= 11 is 0. The quantitative estimate of drug-likeness (QED) is 0.788. The summed E-state index contributed by atoms with van der Waals surface area (Å²) in [6.45, 7) is 8.78. The van der Waals surface area contributed by atoms with Gasteiger partial charge in [-0.15, -0.1) is 0 Å². The molecule has 1 aliphatic rings. The zero-order valence-electron chi connectivity index (χ0n) is 17.1. The van der Waals surface area contributed by atoms with Crippen LogP contribution in [0, 0.1) is 6.92 Å². The Labute approximate surface area is 168 Å². The van der Waals surface area contributed by atoms with E-state index in [1.54, 1.807) is 0 Å². The third-order valence-electron chi connectivity index (χ3n) is 5.49. The molecule has 1 fully saturated rings. The number of benzene rings is 2. The third kappa shape index (κ3) is 5.00. The summed E-state index contributed by atoms with van der Waals surface area (Å²) in [6, 6.07) is 16.2. The van der Waals surface area contributed by atoms with E-state index in [-0.39, 0.29) is 11.8 Å². The van der Waals surface area contributed by atoms with Gasteiger partial charge in [-0.3, -0.25) is 9.59 Å². The molecule has 1 aliphatic heterocycles. The van der Waals surface area contributed by atoms with Crippen LogP contribution in [0.3, 0.4) is 0 Å². The van der Waals surface area contributed by atoms with Crippen molar-refractivity contribution < 1.29 is 9.59 Å². The van der Waals surface area contributed by atoms with E-state index in [2.05, 4.69) is 45.0 Å². The van der Waals surface area contributed by atoms with Crippen LogP contribution in [0.2, 0.25) is 0 Å². The summed E-state index contributed by atoms with van der Waals surface area (Å²) < 4.78 is 0. The molecule has 4 heteroatoms. The van der Waals surface area contributed by atoms with Crippen molar-refractivity contribution in [1.82, 2.24) is 9.80 Å². The normalized spacial score (nSPS) is 14.4. The summed E-state index contributed by atoms with van der Waals surface area (Å²) in [5.74, 6) is 0.689. The predicted molar refractivity (Wildman–Crippen MR) is 113 cm³/mol. The number of carbonyl (C=O) groups excluding carboxylic acids is 2. The van der Waals surface area contributed by atoms with Gasteiger partial charge in [-0.1, -0.05) is 55.8 Å². The molecule has 2 amide bonds. The maximum Gasteiger partial charge on any atom is 0.253 e. The minimum atomic E-state index is 0.0575. The third-order valence-corrected chi connectivity index (χ3v) is 5.49. The van der Waals surface area contributed by atoms with Gasteiger partial charge in [-0.05, 0) is 42.5 Å². The molecule has 1 heterocycles. The second-order valence-electron chi connectivity index (χ2n) is 7.94. The van der Waals surface area contributed by atoms with E-state index < -0.39 is 0 Å². The van der Waals surface area contributed by atoms with Gasteiger partial charge in [0.1, 0.15) is 0 Å². The van der Waals surface area contributed by atoms with Gasteiger partial charge in [-0.25, -0.2) is 0 Å². The van der Waals surface area contributed by atoms with Crippen LogP contribution in [0.15, 0.2) is 48.5 Å². The first-order valence-electron chi connectivity index (χ1n) is 10.2. The Morgan fingerprint density at radius 2 is 1.43 bits per heavy atom. The van der Waals surface area contributed by atoms with E-state index in [0.29, 0.717) is 38.5 Å². The molecule has 0 aromatic heterocycles. The van der Waals surface area contributed by atoms with Crippen LogP contribution < -0.4 is 0 Å². The molecule has 0 bridgehead atoms. The molecule has 0 saturated carbocycles. The van der Waals surface area contributed by atoms with Crippen LogP contribution in [0.4, 0.5) is 0 Å². The molecule has 4 nitrogen and oxygen atoms in total. The van der Waals surface area contributed by atoms with Crippen LogP contribution in [-0.2, 0) is 11.2 Å². The summed E-state index contributed by atoms with van der Waals surface area (Å²) in [5, 5.41) is 0. The number of aryl methyl sites for hydroxylation is 2. The van der Waals surface area contributed by atoms with E-state index in [1.165, 1.54) is 16.7 Å². The molecule has 0 unspecified atom stereocenters. The average Bonchev–Trinajstić information content (AvgIpc) is 2.73. The average molecular weight is 379 g/mol. The van der Waals surface area contributed by atoms with E-state index in [1.807, 2.05) is 34.1 Å². The Kier molecular flexibility index (Phi) is 6.50. The second kappa shape index (κ2) is 9.05. The van der Waals surface area contributed by atoms with Gasteiger partial charge >= 0.3 is 0 Å². The van der Waals surface area contributed by atoms with Crippen LogP contribution >= 0.6 is 0 Å². The van der Waals surface area contributed by atoms with Crippen molar-refractivity contribution in [3.63, 3.8) is 0 Å². The van der Waals surface area contributed by atoms with Crippen molar-refractivity contribution in [2.45, 2.75) is 39.5 Å². The fourth-order valence-electron chi connectivity index (χ4n) is 3.52. The van der Waals surface area contributed by atoms with Gasteiger partial charge in [0.15, 0.2) is 0 Å². The van der Waals surface area contributed by atoms with Crippen molar-refractivity contribution in [1.29, 1.82) is 0 Å². The summed E-state index contributed by atoms with van der Waals surface area (Å²) in [6.07, 6.45) is 1.29. The van der Waals surface area contributed by atoms with Gasteiger partial charge in [0.2, 0.25) is 5.91 Å². The smallest absolute Gasteiger partial charge is 0.253 e. The standard InChI is InChI=1S/C24H30N2O2/c1-18(2)21-9-11-22(12-10-21)24(28)26-16-14-25(15-17-26)23(27)13-8-20-6-4-19(3)5-7-20/h4-7,9-12,18H,8,13-17H2,1-3H3. The van der Waals surface area contributed by atoms with Crippen molar-refractivity contribution >= 4 is 11.8 Å². The van der Waals surface area contributed by atoms with Gasteiger partial charge in [0, 0.05) is 38.2 Å². The zero-order valence-corrected chi connectivity index (χ0v) is 17.1. The number of rotatable bonds is 5. The first kappa shape index (κ1) is 20.1. The maximum atomic E-state index is 12.7. The molecule has 1 saturated heterocycles. The van der Waals surface area contributed by atoms with Gasteiger partial charge in [0.25, 0.3) is 5.91 Å². The SMILES string of the molecule is Cc1ccc(CCC(=O)N2CCN(C(=O)c3ccc(C(C)C)cc3)CC2)cc1. The molecular weight excluding hydrogens is 348 g/mol. The number of carbonyl (C=O) groups is 2. The molecule has 2 aromatic rings. The minimum absolute atomic E-state index is 0.0575. The lowest BCUT2D eigenvalue weighted by molar-refractivity contribution is -0.132. The summed E-state index contributed by atoms with van der Waals surface area (Å²) in [7, 11) is 0. The molecule has 0 spiro atoms. The largest absolute Gasteiger partial charge is 0.339 e. The van der Waals surface area contributed by atoms with Crippen LogP contribution in [0.1, 0.15) is 53.2 Å². The number of nitrogens with zero attached hydrogens (tertiary/aromatic N) is 2. The number of hydrogen-bond donors (Lipinski definition) is 0. The van der Waals surface area contributed by atoms with Gasteiger partial charge in [-0.2, -0.15) is 0 Å². The number of hydrogen-bond acceptors (Lipinski definition) is 2. The van der Waals surface area contributed by atoms with Gasteiger partial charge in [0.05, 0.1) is 0 Å². The van der Waals surface area contributed by atoms with Crippen LogP contribution in [0.5, 0.6) is 0 Å². The second-order valence-corrected chi connectivity index (χ2v) is 7.94. The van der Waals surface area contributed by atoms with Crippen molar-refractivity contribution in [2.75, 3.05) is 26.2 Å². The molecule has 0 aliphatic carbocycles. The van der Waals surface area contributed by atoms with Crippen LogP contribution in [-0.4, -0.2) is 47.8 Å². The Bertz CT molecular complexity index is 802. The Balaban J connectivity index is 1.48. The molecular formula is C24H30N2O2. The molecule has 3 rings (SSSR count). The minimum Gasteiger partial charge on any atom is -0.339 e. The van der Waals surface area contributed by atoms with Gasteiger partial charge < -0.3 is 9.80 Å². The Morgan fingerprint density at radius 1 is 0.857 bits per heavy atom. The van der Waals surface area contributed by atoms with E-state index in [0.717, 1.165) is 12.0 Å². The summed E-state index contributed by atoms with van der Waals surface area (Å²) in [5.41, 5.74) is 4.39. The Hall–Kier alpha value is -2.62. The molecule has 28 heavy (non-hydrogen) atoms. The fraction of sp³-hybridized carbons (Fsp3) is 0.417. The molecule has 0 radical (unpaired) electrons. The number of piperazine rings is 1. The summed E-state index contributed by atoms with van der Waals surface area (Å²) in [4.78, 5) is 29.0. The predicted octanol–water partition coefficient (Wildman–Crippen LogP) is 4.04. The highest BCUT2D eigenvalue weighted by molar-refractivity contribution is 5.94. The molecule has 0 atom stereocenters. The van der Waals surface area contributed by atoms with Crippen molar-refractivity contribution in [3.8, 4) is 0 Å². The van der Waals surface area contributed by atoms with E-state index >= 15 is 0 Å². The van der Waals surface area contributed by atoms with Crippen molar-refractivity contribution in [2.24, 2.45) is 0 Å². The Morgan fingerprint density at radius 3 is 2.00 bits per heavy atom. The highest BCUT2D eigenvalue weighted by Gasteiger charge is 2.24. The lowest BCUT2D eigenvalue weighted by Crippen LogP contribution is -2.50. The zero-order chi connectivity index (χ0) is 20.1. The fourth-order valence-corrected chi connectivity index (χ4v) is 3.52. The topological polar surface area (TPSA) is 40.6 Å². The van der Waals surface area contributed by atoms with Crippen LogP contribution in [0.25, 0.3) is 0 Å². The number of amides is 2. The lowest BCUT2D eigenvalue weighted by atomic mass is 10.0. The highest BCUT2D eigenvalue weighted by atomic mass is 16.2. The molecule has 2 aromatic carbocycles. The van der Waals surface area contributed by atoms with E-state index in [4.69, 9.17) is 0 Å².